The maximum atomic E-state index is 7.02. The Labute approximate surface area is 425 Å². The highest BCUT2D eigenvalue weighted by atomic mass is 32.1. The van der Waals surface area contributed by atoms with Gasteiger partial charge in [-0.05, 0) is 94.1 Å². The Morgan fingerprint density at radius 1 is 0.370 bits per heavy atom. The molecule has 1 aliphatic carbocycles. The molecule has 0 bridgehead atoms. The molecule has 0 unspecified atom stereocenters. The van der Waals surface area contributed by atoms with Crippen LogP contribution in [0.25, 0.3) is 103 Å². The van der Waals surface area contributed by atoms with Crippen LogP contribution in [0.15, 0.2) is 245 Å². The maximum Gasteiger partial charge on any atom is 0.159 e. The number of para-hydroxylation sites is 5. The van der Waals surface area contributed by atoms with Gasteiger partial charge in [0.25, 0.3) is 0 Å². The highest BCUT2D eigenvalue weighted by Crippen LogP contribution is 2.56. The van der Waals surface area contributed by atoms with E-state index in [0.717, 1.165) is 119 Å². The molecule has 1 aliphatic rings. The number of furan rings is 2. The Morgan fingerprint density at radius 2 is 0.836 bits per heavy atom. The molecular weight excluding hydrogens is 909 g/mol. The summed E-state index contributed by atoms with van der Waals surface area (Å²) in [6.45, 7) is 0. The lowest BCUT2D eigenvalue weighted by Crippen LogP contribution is -2.12. The molecule has 0 radical (unpaired) electrons. The molecule has 0 saturated carbocycles. The Balaban J connectivity index is 1.10. The van der Waals surface area contributed by atoms with Gasteiger partial charge < -0.3 is 18.6 Å². The van der Waals surface area contributed by atoms with Gasteiger partial charge in [0, 0.05) is 43.6 Å². The molecule has 0 saturated heterocycles. The van der Waals surface area contributed by atoms with Gasteiger partial charge in [-0.2, -0.15) is 0 Å². The summed E-state index contributed by atoms with van der Waals surface area (Å²) >= 11 is 1.87. The fourth-order valence-corrected chi connectivity index (χ4v) is 13.0. The number of fused-ring (bicyclic) bond motifs is 13. The Morgan fingerprint density at radius 3 is 1.44 bits per heavy atom. The van der Waals surface area contributed by atoms with Crippen molar-refractivity contribution in [1.82, 2.24) is 0 Å². The number of benzene rings is 11. The van der Waals surface area contributed by atoms with Crippen molar-refractivity contribution in [3.05, 3.63) is 248 Å². The fraction of sp³-hybridized carbons (Fsp3) is 0.0294. The highest BCUT2D eigenvalue weighted by Gasteiger charge is 2.30. The fourth-order valence-electron chi connectivity index (χ4n) is 11.7. The van der Waals surface area contributed by atoms with Crippen LogP contribution in [0, 0.1) is 0 Å². The van der Waals surface area contributed by atoms with Crippen LogP contribution >= 0.6 is 11.3 Å². The van der Waals surface area contributed by atoms with Gasteiger partial charge in [0.2, 0.25) is 0 Å². The second kappa shape index (κ2) is 16.7. The van der Waals surface area contributed by atoms with Crippen LogP contribution in [0.5, 0.6) is 0 Å². The third-order valence-electron chi connectivity index (χ3n) is 14.9. The van der Waals surface area contributed by atoms with E-state index in [1.165, 1.54) is 36.5 Å². The maximum absolute atomic E-state index is 7.02. The number of thiophene rings is 1. The molecule has 0 fully saturated rings. The first-order valence-electron chi connectivity index (χ1n) is 25.1. The molecule has 0 amide bonds. The summed E-state index contributed by atoms with van der Waals surface area (Å²) in [5.74, 6) is 0.946. The van der Waals surface area contributed by atoms with Gasteiger partial charge in [-0.25, -0.2) is 0 Å². The zero-order valence-electron chi connectivity index (χ0n) is 39.6. The van der Waals surface area contributed by atoms with Crippen molar-refractivity contribution in [3.8, 4) is 22.3 Å². The van der Waals surface area contributed by atoms with Crippen LogP contribution in [0.4, 0.5) is 34.1 Å². The summed E-state index contributed by atoms with van der Waals surface area (Å²) < 4.78 is 16.4. The van der Waals surface area contributed by atoms with Crippen LogP contribution in [-0.2, 0) is 6.42 Å². The lowest BCUT2D eigenvalue weighted by Gasteiger charge is -2.29. The van der Waals surface area contributed by atoms with Crippen molar-refractivity contribution in [3.63, 3.8) is 0 Å². The van der Waals surface area contributed by atoms with Crippen LogP contribution in [0.1, 0.15) is 17.7 Å². The molecule has 0 aliphatic heterocycles. The number of hydrogen-bond acceptors (Lipinski definition) is 5. The number of nitrogens with zero attached hydrogens (tertiary/aromatic N) is 2. The van der Waals surface area contributed by atoms with Crippen molar-refractivity contribution >= 4 is 126 Å². The second-order valence-corrected chi connectivity index (χ2v) is 20.0. The van der Waals surface area contributed by atoms with E-state index >= 15 is 0 Å². The molecule has 0 atom stereocenters. The van der Waals surface area contributed by atoms with Crippen LogP contribution in [0.3, 0.4) is 0 Å². The van der Waals surface area contributed by atoms with Gasteiger partial charge in [0.15, 0.2) is 11.2 Å². The largest absolute Gasteiger partial charge is 0.454 e. The molecule has 14 aromatic rings. The van der Waals surface area contributed by atoms with E-state index in [1.54, 1.807) is 0 Å². The van der Waals surface area contributed by atoms with E-state index in [-0.39, 0.29) is 0 Å². The highest BCUT2D eigenvalue weighted by molar-refractivity contribution is 7.27. The molecule has 3 aromatic heterocycles. The zero-order valence-corrected chi connectivity index (χ0v) is 40.4. The van der Waals surface area contributed by atoms with E-state index < -0.39 is 0 Å². The molecule has 4 nitrogen and oxygen atoms in total. The van der Waals surface area contributed by atoms with Gasteiger partial charge in [-0.3, -0.25) is 0 Å². The third kappa shape index (κ3) is 6.52. The van der Waals surface area contributed by atoms with Gasteiger partial charge in [0.05, 0.1) is 43.5 Å². The first-order chi connectivity index (χ1) is 36.2. The predicted octanol–water partition coefficient (Wildman–Crippen LogP) is 20.2. The van der Waals surface area contributed by atoms with Gasteiger partial charge in [0.1, 0.15) is 11.3 Å². The summed E-state index contributed by atoms with van der Waals surface area (Å²) in [5, 5.41) is 10.5. The molecular formula is C68H44N2O2S. The van der Waals surface area contributed by atoms with Crippen molar-refractivity contribution < 1.29 is 8.83 Å². The monoisotopic (exact) mass is 952 g/mol. The van der Waals surface area contributed by atoms with E-state index in [4.69, 9.17) is 8.83 Å². The minimum absolute atomic E-state index is 0.841. The summed E-state index contributed by atoms with van der Waals surface area (Å²) in [6, 6.07) is 83.5. The second-order valence-electron chi connectivity index (χ2n) is 19.0. The summed E-state index contributed by atoms with van der Waals surface area (Å²) in [6.07, 6.45) is 6.33. The van der Waals surface area contributed by atoms with Crippen LogP contribution < -0.4 is 9.80 Å². The smallest absolute Gasteiger partial charge is 0.159 e. The topological polar surface area (TPSA) is 32.8 Å². The quantitative estimate of drug-likeness (QED) is 0.152. The predicted molar refractivity (Wildman–Crippen MR) is 309 cm³/mol. The van der Waals surface area contributed by atoms with Crippen molar-refractivity contribution in [2.45, 2.75) is 12.8 Å². The average molecular weight is 953 g/mol. The Bertz CT molecular complexity index is 4520. The summed E-state index contributed by atoms with van der Waals surface area (Å²) in [7, 11) is 0. The number of allylic oxidation sites excluding steroid dienone is 1. The van der Waals surface area contributed by atoms with E-state index in [1.807, 2.05) is 11.3 Å². The average Bonchev–Trinajstić information content (AvgIpc) is 4.18. The van der Waals surface area contributed by atoms with Gasteiger partial charge >= 0.3 is 0 Å². The van der Waals surface area contributed by atoms with E-state index in [0.29, 0.717) is 0 Å². The molecule has 0 spiro atoms. The first-order valence-corrected chi connectivity index (χ1v) is 25.9. The molecule has 0 N–H and O–H groups in total. The standard InChI is InChI=1S/C68H44N2O2S/c1-3-21-43(22-4-1)47-27-11-15-35-55(47)69(57-37-19-33-53-51-31-13-17-39-61(51)71-65(53)57)59-41-45-25-7-9-29-49(45)63-64-50-30-10-8-26-46(50)42-60(68(64)73-67(59)63)70(56-36-16-12-28-48(56)44-23-5-2-6-24-44)58-38-20-34-54-52-32-14-18-40-62(52)72-66(54)58/h1-13,15-31,33-42H,14,32H2. The minimum Gasteiger partial charge on any atom is -0.454 e. The molecule has 11 aromatic carbocycles. The lowest BCUT2D eigenvalue weighted by molar-refractivity contribution is 0.596. The van der Waals surface area contributed by atoms with Crippen molar-refractivity contribution in [1.29, 1.82) is 0 Å². The lowest BCUT2D eigenvalue weighted by atomic mass is 9.96. The van der Waals surface area contributed by atoms with Gasteiger partial charge in [-0.1, -0.05) is 194 Å². The SMILES string of the molecule is C1=Cc2oc3c(N(c4ccccc4-c4ccccc4)c4cc5ccccc5c5c4sc4c(N(c6ccccc6-c6ccccc6)c6cccc7c6oc6ccccc67)cc6ccccc6c45)cccc3c2CC1. The minimum atomic E-state index is 0.841. The summed E-state index contributed by atoms with van der Waals surface area (Å²) in [5.41, 5.74) is 14.7. The molecule has 15 rings (SSSR count). The molecule has 73 heavy (non-hydrogen) atoms. The van der Waals surface area contributed by atoms with Crippen molar-refractivity contribution in [2.24, 2.45) is 0 Å². The molecule has 5 heteroatoms. The summed E-state index contributed by atoms with van der Waals surface area (Å²) in [4.78, 5) is 4.97. The van der Waals surface area contributed by atoms with Crippen LogP contribution in [0.2, 0.25) is 0 Å². The number of hydrogen-bond donors (Lipinski definition) is 0. The third-order valence-corrected chi connectivity index (χ3v) is 16.1. The van der Waals surface area contributed by atoms with E-state index in [9.17, 15) is 0 Å². The Kier molecular flexibility index (Phi) is 9.54. The zero-order chi connectivity index (χ0) is 48.0. The normalized spacial score (nSPS) is 12.5. The van der Waals surface area contributed by atoms with E-state index in [2.05, 4.69) is 252 Å². The van der Waals surface area contributed by atoms with Crippen molar-refractivity contribution in [2.75, 3.05) is 9.80 Å². The number of aryl methyl sites for hydroxylation is 1. The number of anilines is 6. The van der Waals surface area contributed by atoms with Crippen LogP contribution in [-0.4, -0.2) is 0 Å². The Hall–Kier alpha value is -9.16. The number of rotatable bonds is 8. The van der Waals surface area contributed by atoms with Gasteiger partial charge in [-0.15, -0.1) is 11.3 Å². The molecule has 3 heterocycles. The molecule has 344 valence electrons. The first kappa shape index (κ1) is 41.6.